The summed E-state index contributed by atoms with van der Waals surface area (Å²) in [5, 5.41) is 14.6. The van der Waals surface area contributed by atoms with Crippen LogP contribution in [0.25, 0.3) is 0 Å². The Kier molecular flexibility index (Phi) is 9.49. The number of alkyl carbamates (subject to hydrolysis) is 1. The predicted octanol–water partition coefficient (Wildman–Crippen LogP) is 2.64. The quantitative estimate of drug-likeness (QED) is 0.435. The van der Waals surface area contributed by atoms with Gasteiger partial charge in [-0.25, -0.2) is 17.9 Å². The Bertz CT molecular complexity index is 1450. The van der Waals surface area contributed by atoms with Gasteiger partial charge < -0.3 is 20.3 Å². The van der Waals surface area contributed by atoms with Crippen molar-refractivity contribution in [1.29, 1.82) is 5.26 Å². The molecule has 1 saturated carbocycles. The minimum Gasteiger partial charge on any atom is -0.444 e. The number of hydrogen-bond donors (Lipinski definition) is 3. The van der Waals surface area contributed by atoms with Gasteiger partial charge in [-0.05, 0) is 77.5 Å². The molecule has 3 N–H and O–H groups in total. The van der Waals surface area contributed by atoms with Gasteiger partial charge in [-0.2, -0.15) is 5.26 Å². The highest BCUT2D eigenvalue weighted by atomic mass is 32.2. The van der Waals surface area contributed by atoms with E-state index in [0.717, 1.165) is 18.9 Å². The first-order chi connectivity index (χ1) is 20.3. The molecule has 2 heterocycles. The Balaban J connectivity index is 1.57. The third kappa shape index (κ3) is 7.73. The third-order valence-electron chi connectivity index (χ3n) is 7.83. The first-order valence-electron chi connectivity index (χ1n) is 14.6. The second-order valence-electron chi connectivity index (χ2n) is 12.3. The highest BCUT2D eigenvalue weighted by molar-refractivity contribution is 7.90. The highest BCUT2D eigenvalue weighted by Gasteiger charge is 2.61. The van der Waals surface area contributed by atoms with Gasteiger partial charge in [0.1, 0.15) is 23.2 Å². The summed E-state index contributed by atoms with van der Waals surface area (Å²) >= 11 is 0. The van der Waals surface area contributed by atoms with E-state index in [4.69, 9.17) is 10.00 Å². The van der Waals surface area contributed by atoms with Crippen LogP contribution in [0.5, 0.6) is 0 Å². The van der Waals surface area contributed by atoms with E-state index in [0.29, 0.717) is 38.6 Å². The largest absolute Gasteiger partial charge is 0.444 e. The lowest BCUT2D eigenvalue weighted by atomic mass is 10.0. The Labute approximate surface area is 252 Å². The summed E-state index contributed by atoms with van der Waals surface area (Å²) < 4.78 is 33.6. The zero-order valence-corrected chi connectivity index (χ0v) is 25.5. The molecular weight excluding hydrogens is 574 g/mol. The summed E-state index contributed by atoms with van der Waals surface area (Å²) in [5.74, 6) is -2.29. The molecule has 2 aliphatic heterocycles. The molecule has 232 valence electrons. The van der Waals surface area contributed by atoms with Crippen LogP contribution in [0.3, 0.4) is 0 Å². The predicted molar refractivity (Wildman–Crippen MR) is 156 cm³/mol. The molecule has 1 aromatic carbocycles. The molecule has 0 bridgehead atoms. The van der Waals surface area contributed by atoms with Gasteiger partial charge in [0.2, 0.25) is 11.8 Å². The maximum absolute atomic E-state index is 13.7. The first kappa shape index (κ1) is 32.0. The number of sulfonamides is 1. The van der Waals surface area contributed by atoms with Gasteiger partial charge in [-0.15, -0.1) is 0 Å². The zero-order valence-electron chi connectivity index (χ0n) is 24.7. The third-order valence-corrected chi connectivity index (χ3v) is 9.15. The number of hydrogen-bond acceptors (Lipinski definition) is 8. The molecule has 4 amide bonds. The van der Waals surface area contributed by atoms with Crippen LogP contribution in [0, 0.1) is 17.2 Å². The summed E-state index contributed by atoms with van der Waals surface area (Å²) in [6.45, 7) is 5.48. The minimum absolute atomic E-state index is 0.119. The van der Waals surface area contributed by atoms with Crippen molar-refractivity contribution in [3.8, 4) is 6.07 Å². The Morgan fingerprint density at radius 2 is 1.91 bits per heavy atom. The van der Waals surface area contributed by atoms with E-state index in [1.54, 1.807) is 20.8 Å². The van der Waals surface area contributed by atoms with Crippen LogP contribution in [-0.2, 0) is 29.1 Å². The number of ether oxygens (including phenoxy) is 1. The van der Waals surface area contributed by atoms with Crippen LogP contribution >= 0.6 is 0 Å². The number of fused-ring (bicyclic) bond motifs is 2. The maximum atomic E-state index is 13.7. The second-order valence-corrected chi connectivity index (χ2v) is 14.0. The van der Waals surface area contributed by atoms with Gasteiger partial charge in [0.15, 0.2) is 0 Å². The van der Waals surface area contributed by atoms with Crippen molar-refractivity contribution < 1.29 is 32.3 Å². The summed E-state index contributed by atoms with van der Waals surface area (Å²) in [7, 11) is -4.34. The summed E-state index contributed by atoms with van der Waals surface area (Å²) in [6, 6.07) is 5.39. The van der Waals surface area contributed by atoms with Crippen molar-refractivity contribution in [2.45, 2.75) is 100 Å². The fraction of sp³-hybridized carbons (Fsp3) is 0.567. The van der Waals surface area contributed by atoms with Crippen molar-refractivity contribution in [2.75, 3.05) is 6.54 Å². The standard InChI is InChI=1S/C30H39N5O7S/c1-29(2,3)42-28(39)32-23-14-8-6-4-5-7-12-21-18-30(21,33-25(36)24-15-10-16-35(24)26(23)37)27(38)34-43(40,41)22-13-9-11-20(17-22)19-31/h7,9,11-13,17,21,23-24H,4-6,8,10,14-16,18H2,1-3H3,(H,32,39)(H,33,36)(H,34,38)/b12-7-/t21-,23+,24+,30-/m1/s1. The number of benzene rings is 1. The van der Waals surface area contributed by atoms with Crippen LogP contribution in [0.2, 0.25) is 0 Å². The van der Waals surface area contributed by atoms with Crippen LogP contribution < -0.4 is 15.4 Å². The van der Waals surface area contributed by atoms with E-state index in [-0.39, 0.29) is 16.9 Å². The van der Waals surface area contributed by atoms with Crippen molar-refractivity contribution in [1.82, 2.24) is 20.3 Å². The number of nitrogens with one attached hydrogen (secondary N) is 3. The maximum Gasteiger partial charge on any atom is 0.408 e. The van der Waals surface area contributed by atoms with Crippen molar-refractivity contribution in [3.63, 3.8) is 0 Å². The van der Waals surface area contributed by atoms with Crippen LogP contribution in [0.1, 0.15) is 77.7 Å². The van der Waals surface area contributed by atoms with Gasteiger partial charge in [0.05, 0.1) is 16.5 Å². The second kappa shape index (κ2) is 12.8. The van der Waals surface area contributed by atoms with Gasteiger partial charge in [-0.3, -0.25) is 14.4 Å². The number of carbonyl (C=O) groups is 4. The summed E-state index contributed by atoms with van der Waals surface area (Å²) in [5.41, 5.74) is -2.15. The van der Waals surface area contributed by atoms with Crippen molar-refractivity contribution in [3.05, 3.63) is 42.0 Å². The SMILES string of the molecule is CC(C)(C)OC(=O)N[C@H]1CCCCC/C=C\[C@@H]2C[C@@]2(C(=O)NS(=O)(=O)c2cccc(C#N)c2)NC(=O)[C@@H]2CCCN2C1=O. The van der Waals surface area contributed by atoms with Crippen molar-refractivity contribution in [2.24, 2.45) is 5.92 Å². The number of allylic oxidation sites excluding steroid dienone is 1. The molecule has 0 unspecified atom stereocenters. The molecule has 0 aromatic heterocycles. The summed E-state index contributed by atoms with van der Waals surface area (Å²) in [6.07, 6.45) is 7.46. The Hall–Kier alpha value is -3.92. The number of rotatable bonds is 4. The van der Waals surface area contributed by atoms with Gasteiger partial charge in [0.25, 0.3) is 15.9 Å². The molecule has 1 aromatic rings. The fourth-order valence-electron chi connectivity index (χ4n) is 5.55. The molecule has 43 heavy (non-hydrogen) atoms. The van der Waals surface area contributed by atoms with Crippen LogP contribution in [0.4, 0.5) is 4.79 Å². The molecule has 1 aliphatic carbocycles. The number of amides is 4. The van der Waals surface area contributed by atoms with Gasteiger partial charge in [0, 0.05) is 12.5 Å². The average Bonchev–Trinajstić information content (AvgIpc) is 3.39. The van der Waals surface area contributed by atoms with Gasteiger partial charge >= 0.3 is 6.09 Å². The minimum atomic E-state index is -4.34. The molecule has 0 radical (unpaired) electrons. The Morgan fingerprint density at radius 1 is 1.14 bits per heavy atom. The lowest BCUT2D eigenvalue weighted by molar-refractivity contribution is -0.141. The van der Waals surface area contributed by atoms with E-state index >= 15 is 0 Å². The normalized spacial score (nSPS) is 27.2. The monoisotopic (exact) mass is 613 g/mol. The number of nitriles is 1. The van der Waals surface area contributed by atoms with E-state index in [1.807, 2.05) is 18.2 Å². The first-order valence-corrected chi connectivity index (χ1v) is 16.1. The molecular formula is C30H39N5O7S. The van der Waals surface area contributed by atoms with Crippen LogP contribution in [0.15, 0.2) is 41.3 Å². The van der Waals surface area contributed by atoms with Crippen LogP contribution in [-0.4, -0.2) is 66.9 Å². The van der Waals surface area contributed by atoms with Gasteiger partial charge in [-0.1, -0.05) is 31.1 Å². The topological polar surface area (TPSA) is 175 Å². The average molecular weight is 614 g/mol. The Morgan fingerprint density at radius 3 is 2.63 bits per heavy atom. The molecule has 2 fully saturated rings. The molecule has 0 spiro atoms. The smallest absolute Gasteiger partial charge is 0.408 e. The zero-order chi connectivity index (χ0) is 31.4. The molecule has 1 saturated heterocycles. The van der Waals surface area contributed by atoms with E-state index in [9.17, 15) is 27.6 Å². The number of nitrogens with zero attached hydrogens (tertiary/aromatic N) is 2. The molecule has 3 aliphatic rings. The molecule has 13 heteroatoms. The molecule has 12 nitrogen and oxygen atoms in total. The number of carbonyl (C=O) groups excluding carboxylic acids is 4. The highest BCUT2D eigenvalue weighted by Crippen LogP contribution is 2.45. The van der Waals surface area contributed by atoms with E-state index in [2.05, 4.69) is 15.4 Å². The summed E-state index contributed by atoms with van der Waals surface area (Å²) in [4.78, 5) is 54.6. The van der Waals surface area contributed by atoms with E-state index in [1.165, 1.54) is 23.1 Å². The molecule has 4 atom stereocenters. The lowest BCUT2D eigenvalue weighted by Crippen LogP contribution is -2.58. The fourth-order valence-corrected chi connectivity index (χ4v) is 6.63. The van der Waals surface area contributed by atoms with Crippen molar-refractivity contribution >= 4 is 33.8 Å². The molecule has 4 rings (SSSR count). The lowest BCUT2D eigenvalue weighted by Gasteiger charge is -2.30. The van der Waals surface area contributed by atoms with E-state index < -0.39 is 63.0 Å².